The van der Waals surface area contributed by atoms with E-state index in [9.17, 15) is 9.59 Å². The number of aromatic nitrogens is 2. The maximum absolute atomic E-state index is 11.4. The molecule has 1 heterocycles. The third-order valence-corrected chi connectivity index (χ3v) is 2.12. The zero-order valence-corrected chi connectivity index (χ0v) is 9.26. The van der Waals surface area contributed by atoms with Crippen LogP contribution in [0.3, 0.4) is 0 Å². The summed E-state index contributed by atoms with van der Waals surface area (Å²) in [5, 5.41) is 11.3. The van der Waals surface area contributed by atoms with Crippen LogP contribution in [0.15, 0.2) is 0 Å². The smallest absolute Gasteiger partial charge is 0.314 e. The fourth-order valence-electron chi connectivity index (χ4n) is 1.04. The molecule has 0 saturated heterocycles. The third kappa shape index (κ3) is 2.80. The van der Waals surface area contributed by atoms with Crippen molar-refractivity contribution in [2.45, 2.75) is 13.8 Å². The predicted molar refractivity (Wildman–Crippen MR) is 58.8 cm³/mol. The van der Waals surface area contributed by atoms with Crippen LogP contribution in [0.5, 0.6) is 0 Å². The van der Waals surface area contributed by atoms with Gasteiger partial charge < -0.3 is 16.4 Å². The molecule has 1 aromatic rings. The second-order valence-electron chi connectivity index (χ2n) is 3.32. The number of rotatable bonds is 3. The minimum Gasteiger partial charge on any atom is -0.347 e. The van der Waals surface area contributed by atoms with Crippen molar-refractivity contribution in [3.8, 4) is 0 Å². The summed E-state index contributed by atoms with van der Waals surface area (Å²) in [6.07, 6.45) is 0. The van der Waals surface area contributed by atoms with Crippen LogP contribution in [0.2, 0.25) is 0 Å². The molecule has 0 aliphatic carbocycles. The molecular weight excluding hydrogens is 210 g/mol. The summed E-state index contributed by atoms with van der Waals surface area (Å²) in [7, 11) is 0. The average Bonchev–Trinajstić information content (AvgIpc) is 2.57. The van der Waals surface area contributed by atoms with Gasteiger partial charge in [0.05, 0.1) is 0 Å². The predicted octanol–water partition coefficient (Wildman–Crippen LogP) is -0.960. The van der Waals surface area contributed by atoms with Crippen LogP contribution in [-0.4, -0.2) is 35.1 Å². The van der Waals surface area contributed by atoms with E-state index in [2.05, 4.69) is 20.8 Å². The van der Waals surface area contributed by atoms with Crippen LogP contribution >= 0.6 is 0 Å². The summed E-state index contributed by atoms with van der Waals surface area (Å²) in [4.78, 5) is 22.6. The summed E-state index contributed by atoms with van der Waals surface area (Å²) in [6.45, 7) is 4.18. The Morgan fingerprint density at radius 3 is 2.56 bits per heavy atom. The van der Waals surface area contributed by atoms with E-state index in [4.69, 9.17) is 5.73 Å². The average molecular weight is 225 g/mol. The molecular formula is C9H15N5O2. The zero-order chi connectivity index (χ0) is 12.1. The first-order valence-corrected chi connectivity index (χ1v) is 4.87. The topological polar surface area (TPSA) is 113 Å². The monoisotopic (exact) mass is 225 g/mol. The van der Waals surface area contributed by atoms with Crippen molar-refractivity contribution in [1.82, 2.24) is 15.5 Å². The maximum Gasteiger partial charge on any atom is 0.314 e. The molecule has 1 rings (SSSR count). The lowest BCUT2D eigenvalue weighted by Gasteiger charge is -2.03. The van der Waals surface area contributed by atoms with E-state index in [1.54, 1.807) is 6.92 Å². The Balaban J connectivity index is 2.58. The first kappa shape index (κ1) is 12.2. The standard InChI is InChI=1S/C9H15N5O2/c1-5-6(2)13-14-7(5)12-9(16)8(15)11-4-3-10/h3-4,10H2,1-2H3,(H,11,15)(H2,12,13,14,16). The molecule has 0 aromatic carbocycles. The molecule has 0 spiro atoms. The van der Waals surface area contributed by atoms with Gasteiger partial charge >= 0.3 is 11.8 Å². The molecule has 0 fully saturated rings. The highest BCUT2D eigenvalue weighted by molar-refractivity contribution is 6.39. The van der Waals surface area contributed by atoms with Crippen LogP contribution in [0, 0.1) is 13.8 Å². The van der Waals surface area contributed by atoms with Crippen LogP contribution < -0.4 is 16.4 Å². The number of aromatic amines is 1. The summed E-state index contributed by atoms with van der Waals surface area (Å²) >= 11 is 0. The van der Waals surface area contributed by atoms with Gasteiger partial charge in [-0.2, -0.15) is 5.10 Å². The quantitative estimate of drug-likeness (QED) is 0.496. The SMILES string of the molecule is Cc1[nH]nc(NC(=O)C(=O)NCCN)c1C. The number of carbonyl (C=O) groups is 2. The molecule has 16 heavy (non-hydrogen) atoms. The Hall–Kier alpha value is -1.89. The number of nitrogens with zero attached hydrogens (tertiary/aromatic N) is 1. The molecule has 2 amide bonds. The van der Waals surface area contributed by atoms with Crippen LogP contribution in [0.1, 0.15) is 11.3 Å². The maximum atomic E-state index is 11.4. The lowest BCUT2D eigenvalue weighted by molar-refractivity contribution is -0.136. The lowest BCUT2D eigenvalue weighted by atomic mass is 10.3. The zero-order valence-electron chi connectivity index (χ0n) is 9.26. The van der Waals surface area contributed by atoms with Crippen LogP contribution in [0.4, 0.5) is 5.82 Å². The highest BCUT2D eigenvalue weighted by Gasteiger charge is 2.15. The molecule has 7 nitrogen and oxygen atoms in total. The molecule has 88 valence electrons. The van der Waals surface area contributed by atoms with Gasteiger partial charge in [-0.3, -0.25) is 14.7 Å². The van der Waals surface area contributed by atoms with E-state index in [0.29, 0.717) is 12.4 Å². The Morgan fingerprint density at radius 2 is 2.06 bits per heavy atom. The summed E-state index contributed by atoms with van der Waals surface area (Å²) in [5.74, 6) is -1.10. The van der Waals surface area contributed by atoms with Crippen molar-refractivity contribution in [3.05, 3.63) is 11.3 Å². The Morgan fingerprint density at radius 1 is 1.38 bits per heavy atom. The molecule has 7 heteroatoms. The fraction of sp³-hybridized carbons (Fsp3) is 0.444. The van der Waals surface area contributed by atoms with Gasteiger partial charge in [-0.15, -0.1) is 0 Å². The Bertz CT molecular complexity index is 399. The first-order chi connectivity index (χ1) is 7.56. The molecule has 1 aromatic heterocycles. The number of carbonyl (C=O) groups excluding carboxylic acids is 2. The second-order valence-corrected chi connectivity index (χ2v) is 3.32. The molecule has 0 bridgehead atoms. The van der Waals surface area contributed by atoms with E-state index >= 15 is 0 Å². The Kier molecular flexibility index (Phi) is 4.01. The van der Waals surface area contributed by atoms with Crippen LogP contribution in [0.25, 0.3) is 0 Å². The highest BCUT2D eigenvalue weighted by atomic mass is 16.2. The van der Waals surface area contributed by atoms with Crippen molar-refractivity contribution in [3.63, 3.8) is 0 Å². The molecule has 0 aliphatic heterocycles. The number of nitrogens with one attached hydrogen (secondary N) is 3. The van der Waals surface area contributed by atoms with E-state index in [1.807, 2.05) is 6.92 Å². The summed E-state index contributed by atoms with van der Waals surface area (Å²) in [6, 6.07) is 0. The molecule has 0 atom stereocenters. The van der Waals surface area contributed by atoms with Gasteiger partial charge in [0.1, 0.15) is 0 Å². The van der Waals surface area contributed by atoms with Gasteiger partial charge in [0.15, 0.2) is 5.82 Å². The van der Waals surface area contributed by atoms with Gasteiger partial charge in [0, 0.05) is 24.3 Å². The lowest BCUT2D eigenvalue weighted by Crippen LogP contribution is -2.38. The van der Waals surface area contributed by atoms with Gasteiger partial charge in [0.2, 0.25) is 0 Å². The first-order valence-electron chi connectivity index (χ1n) is 4.87. The number of hydrogen-bond acceptors (Lipinski definition) is 4. The highest BCUT2D eigenvalue weighted by Crippen LogP contribution is 2.13. The van der Waals surface area contributed by atoms with E-state index in [-0.39, 0.29) is 6.54 Å². The number of nitrogens with two attached hydrogens (primary N) is 1. The van der Waals surface area contributed by atoms with Crippen molar-refractivity contribution in [2.24, 2.45) is 5.73 Å². The largest absolute Gasteiger partial charge is 0.347 e. The van der Waals surface area contributed by atoms with Crippen molar-refractivity contribution >= 4 is 17.6 Å². The summed E-state index contributed by atoms with van der Waals surface area (Å²) < 4.78 is 0. The second kappa shape index (κ2) is 5.26. The minimum absolute atomic E-state index is 0.269. The number of amides is 2. The number of hydrogen-bond donors (Lipinski definition) is 4. The van der Waals surface area contributed by atoms with Crippen molar-refractivity contribution in [1.29, 1.82) is 0 Å². The van der Waals surface area contributed by atoms with E-state index < -0.39 is 11.8 Å². The Labute approximate surface area is 92.8 Å². The van der Waals surface area contributed by atoms with Gasteiger partial charge in [-0.1, -0.05) is 0 Å². The van der Waals surface area contributed by atoms with Crippen LogP contribution in [-0.2, 0) is 9.59 Å². The van der Waals surface area contributed by atoms with E-state index in [1.165, 1.54) is 0 Å². The molecule has 0 saturated carbocycles. The molecule has 0 aliphatic rings. The molecule has 0 unspecified atom stereocenters. The number of aryl methyl sites for hydroxylation is 1. The third-order valence-electron chi connectivity index (χ3n) is 2.12. The normalized spacial score (nSPS) is 9.94. The van der Waals surface area contributed by atoms with Crippen molar-refractivity contribution in [2.75, 3.05) is 18.4 Å². The summed E-state index contributed by atoms with van der Waals surface area (Å²) in [5.41, 5.74) is 6.84. The number of anilines is 1. The fourth-order valence-corrected chi connectivity index (χ4v) is 1.04. The van der Waals surface area contributed by atoms with Gasteiger partial charge in [0.25, 0.3) is 0 Å². The molecule has 0 radical (unpaired) electrons. The van der Waals surface area contributed by atoms with Crippen molar-refractivity contribution < 1.29 is 9.59 Å². The number of H-pyrrole nitrogens is 1. The molecule has 5 N–H and O–H groups in total. The van der Waals surface area contributed by atoms with E-state index in [0.717, 1.165) is 11.3 Å². The van der Waals surface area contributed by atoms with Gasteiger partial charge in [-0.05, 0) is 13.8 Å². The van der Waals surface area contributed by atoms with Gasteiger partial charge in [-0.25, -0.2) is 0 Å². The minimum atomic E-state index is -0.747.